The molecule has 0 radical (unpaired) electrons. The molecule has 8 heteroatoms. The lowest BCUT2D eigenvalue weighted by Gasteiger charge is -2.14. The largest absolute Gasteiger partial charge is 0.324 e. The number of benzene rings is 2. The number of anilines is 1. The van der Waals surface area contributed by atoms with E-state index in [4.69, 9.17) is 35.4 Å². The van der Waals surface area contributed by atoms with Crippen molar-refractivity contribution in [3.63, 3.8) is 0 Å². The van der Waals surface area contributed by atoms with Gasteiger partial charge in [-0.2, -0.15) is 0 Å². The normalized spacial score (nSPS) is 15.6. The molecule has 1 aliphatic rings. The van der Waals surface area contributed by atoms with Gasteiger partial charge in [-0.15, -0.1) is 0 Å². The Morgan fingerprint density at radius 2 is 1.89 bits per heavy atom. The summed E-state index contributed by atoms with van der Waals surface area (Å²) in [7, 11) is 0. The van der Waals surface area contributed by atoms with Crippen LogP contribution < -0.4 is 5.32 Å². The summed E-state index contributed by atoms with van der Waals surface area (Å²) >= 11 is 18.2. The molecule has 2 aromatic rings. The highest BCUT2D eigenvalue weighted by atomic mass is 35.5. The monoisotopic (exact) mass is 448 g/mol. The number of thioether (sulfide) groups is 1. The van der Waals surface area contributed by atoms with Gasteiger partial charge in [-0.3, -0.25) is 14.5 Å². The molecule has 2 aromatic carbocycles. The Morgan fingerprint density at radius 1 is 1.14 bits per heavy atom. The van der Waals surface area contributed by atoms with Gasteiger partial charge in [-0.05, 0) is 29.8 Å². The Bertz CT molecular complexity index is 991. The van der Waals surface area contributed by atoms with Crippen molar-refractivity contribution in [2.75, 3.05) is 11.9 Å². The van der Waals surface area contributed by atoms with Gasteiger partial charge in [0.25, 0.3) is 5.91 Å². The van der Waals surface area contributed by atoms with Crippen LogP contribution in [0.3, 0.4) is 0 Å². The Balaban J connectivity index is 1.63. The third-order valence-corrected chi connectivity index (χ3v) is 5.85. The maximum Gasteiger partial charge on any atom is 0.266 e. The van der Waals surface area contributed by atoms with Crippen LogP contribution in [0.25, 0.3) is 6.08 Å². The SMILES string of the molecule is O=C(CN1C(=O)/C(=C/C=C/c2ccccc2)SC1=S)Nc1ccc(Cl)c(Cl)c1. The van der Waals surface area contributed by atoms with E-state index < -0.39 is 0 Å². The minimum atomic E-state index is -0.379. The first-order valence-corrected chi connectivity index (χ1v) is 10.1. The van der Waals surface area contributed by atoms with Crippen LogP contribution in [-0.4, -0.2) is 27.6 Å². The molecule has 3 rings (SSSR count). The number of nitrogens with one attached hydrogen (secondary N) is 1. The fraction of sp³-hybridized carbons (Fsp3) is 0.0500. The average molecular weight is 449 g/mol. The number of allylic oxidation sites excluding steroid dienone is 2. The zero-order valence-corrected chi connectivity index (χ0v) is 17.5. The van der Waals surface area contributed by atoms with Crippen molar-refractivity contribution in [3.8, 4) is 0 Å². The van der Waals surface area contributed by atoms with E-state index in [1.807, 2.05) is 36.4 Å². The summed E-state index contributed by atoms with van der Waals surface area (Å²) in [4.78, 5) is 26.6. The number of nitrogens with zero attached hydrogens (tertiary/aromatic N) is 1. The van der Waals surface area contributed by atoms with Crippen LogP contribution in [0.1, 0.15) is 5.56 Å². The van der Waals surface area contributed by atoms with E-state index in [2.05, 4.69) is 5.32 Å². The van der Waals surface area contributed by atoms with Gasteiger partial charge in [-0.25, -0.2) is 0 Å². The molecule has 0 unspecified atom stereocenters. The predicted molar refractivity (Wildman–Crippen MR) is 121 cm³/mol. The van der Waals surface area contributed by atoms with Gasteiger partial charge in [0.1, 0.15) is 10.9 Å². The molecule has 2 amide bonds. The number of rotatable bonds is 5. The summed E-state index contributed by atoms with van der Waals surface area (Å²) in [5.41, 5.74) is 1.52. The van der Waals surface area contributed by atoms with E-state index in [1.54, 1.807) is 30.4 Å². The lowest BCUT2D eigenvalue weighted by Crippen LogP contribution is -2.36. The summed E-state index contributed by atoms with van der Waals surface area (Å²) in [6, 6.07) is 14.5. The summed E-state index contributed by atoms with van der Waals surface area (Å²) in [6.45, 7) is -0.176. The maximum absolute atomic E-state index is 12.5. The molecule has 0 spiro atoms. The van der Waals surface area contributed by atoms with Crippen LogP contribution in [0.4, 0.5) is 5.69 Å². The molecular formula is C20H14Cl2N2O2S2. The van der Waals surface area contributed by atoms with Crippen LogP contribution >= 0.6 is 47.2 Å². The van der Waals surface area contributed by atoms with Gasteiger partial charge >= 0.3 is 0 Å². The van der Waals surface area contributed by atoms with Gasteiger partial charge in [-0.1, -0.05) is 89.7 Å². The van der Waals surface area contributed by atoms with Crippen molar-refractivity contribution < 1.29 is 9.59 Å². The van der Waals surface area contributed by atoms with Crippen LogP contribution in [0, 0.1) is 0 Å². The molecule has 1 fully saturated rings. The van der Waals surface area contributed by atoms with E-state index in [0.717, 1.165) is 5.56 Å². The predicted octanol–water partition coefficient (Wildman–Crippen LogP) is 5.39. The Labute approximate surface area is 182 Å². The average Bonchev–Trinajstić information content (AvgIpc) is 2.93. The highest BCUT2D eigenvalue weighted by Gasteiger charge is 2.33. The van der Waals surface area contributed by atoms with Crippen LogP contribution in [0.15, 0.2) is 65.6 Å². The molecule has 4 nitrogen and oxygen atoms in total. The van der Waals surface area contributed by atoms with Gasteiger partial charge in [0.2, 0.25) is 5.91 Å². The fourth-order valence-corrected chi connectivity index (χ4v) is 3.88. The number of halogens is 2. The van der Waals surface area contributed by atoms with Crippen molar-refractivity contribution in [2.45, 2.75) is 0 Å². The van der Waals surface area contributed by atoms with Gasteiger partial charge in [0.05, 0.1) is 15.0 Å². The smallest absolute Gasteiger partial charge is 0.266 e. The Kier molecular flexibility index (Phi) is 6.91. The second-order valence-electron chi connectivity index (χ2n) is 5.74. The third kappa shape index (κ3) is 5.23. The first-order chi connectivity index (χ1) is 13.4. The molecule has 0 saturated carbocycles. The molecule has 142 valence electrons. The van der Waals surface area contributed by atoms with Crippen molar-refractivity contribution in [3.05, 3.63) is 81.2 Å². The molecule has 1 aliphatic heterocycles. The maximum atomic E-state index is 12.5. The summed E-state index contributed by atoms with van der Waals surface area (Å²) in [5.74, 6) is -0.673. The first kappa shape index (κ1) is 20.6. The van der Waals surface area contributed by atoms with Crippen molar-refractivity contribution in [2.24, 2.45) is 0 Å². The quantitative estimate of drug-likeness (QED) is 0.491. The second kappa shape index (κ2) is 9.39. The highest BCUT2D eigenvalue weighted by molar-refractivity contribution is 8.26. The first-order valence-electron chi connectivity index (χ1n) is 8.16. The third-order valence-electron chi connectivity index (χ3n) is 3.71. The minimum Gasteiger partial charge on any atom is -0.324 e. The molecule has 0 atom stereocenters. The van der Waals surface area contributed by atoms with Crippen molar-refractivity contribution >= 4 is 75.1 Å². The summed E-state index contributed by atoms with van der Waals surface area (Å²) < 4.78 is 0.341. The standard InChI is InChI=1S/C20H14Cl2N2O2S2/c21-15-10-9-14(11-16(15)22)23-18(25)12-24-19(26)17(28-20(24)27)8-4-7-13-5-2-1-3-6-13/h1-11H,12H2,(H,23,25)/b7-4+,17-8-. The Morgan fingerprint density at radius 3 is 2.61 bits per heavy atom. The lowest BCUT2D eigenvalue weighted by molar-refractivity contribution is -0.126. The topological polar surface area (TPSA) is 49.4 Å². The summed E-state index contributed by atoms with van der Waals surface area (Å²) in [5, 5.41) is 3.40. The lowest BCUT2D eigenvalue weighted by atomic mass is 10.2. The molecule has 0 aromatic heterocycles. The van der Waals surface area contributed by atoms with E-state index in [0.29, 0.717) is 25.0 Å². The summed E-state index contributed by atoms with van der Waals surface area (Å²) in [6.07, 6.45) is 5.38. The van der Waals surface area contributed by atoms with Gasteiger partial charge < -0.3 is 5.32 Å². The molecule has 1 heterocycles. The van der Waals surface area contributed by atoms with Crippen molar-refractivity contribution in [1.29, 1.82) is 0 Å². The highest BCUT2D eigenvalue weighted by Crippen LogP contribution is 2.31. The van der Waals surface area contributed by atoms with Crippen LogP contribution in [0.5, 0.6) is 0 Å². The molecule has 1 N–H and O–H groups in total. The molecule has 1 saturated heterocycles. The van der Waals surface area contributed by atoms with Crippen LogP contribution in [0.2, 0.25) is 10.0 Å². The minimum absolute atomic E-state index is 0.176. The number of hydrogen-bond donors (Lipinski definition) is 1. The van der Waals surface area contributed by atoms with E-state index in [1.165, 1.54) is 16.7 Å². The molecule has 0 aliphatic carbocycles. The van der Waals surface area contributed by atoms with Gasteiger partial charge in [0.15, 0.2) is 0 Å². The molecule has 28 heavy (non-hydrogen) atoms. The Hall–Kier alpha value is -2.12. The van der Waals surface area contributed by atoms with Crippen LogP contribution in [-0.2, 0) is 9.59 Å². The molecule has 0 bridgehead atoms. The number of hydrogen-bond acceptors (Lipinski definition) is 4. The van der Waals surface area contributed by atoms with E-state index in [9.17, 15) is 9.59 Å². The zero-order chi connectivity index (χ0) is 20.1. The number of carbonyl (C=O) groups is 2. The fourth-order valence-electron chi connectivity index (χ4n) is 2.38. The van der Waals surface area contributed by atoms with Gasteiger partial charge in [0, 0.05) is 5.69 Å². The zero-order valence-electron chi connectivity index (χ0n) is 14.4. The number of thiocarbonyl (C=S) groups is 1. The van der Waals surface area contributed by atoms with E-state index >= 15 is 0 Å². The molecular weight excluding hydrogens is 435 g/mol. The van der Waals surface area contributed by atoms with E-state index in [-0.39, 0.29) is 18.4 Å². The number of amides is 2. The second-order valence-corrected chi connectivity index (χ2v) is 8.23. The van der Waals surface area contributed by atoms with Crippen molar-refractivity contribution in [1.82, 2.24) is 4.90 Å². The number of carbonyl (C=O) groups excluding carboxylic acids is 2.